The van der Waals surface area contributed by atoms with E-state index in [0.29, 0.717) is 0 Å². The van der Waals surface area contributed by atoms with Crippen LogP contribution >= 0.6 is 11.3 Å². The first kappa shape index (κ1) is 10.6. The molecule has 0 aromatic carbocycles. The summed E-state index contributed by atoms with van der Waals surface area (Å²) in [5.41, 5.74) is 0.913. The van der Waals surface area contributed by atoms with E-state index in [-0.39, 0.29) is 6.61 Å². The number of thiazole rings is 1. The van der Waals surface area contributed by atoms with Crippen LogP contribution < -0.4 is 4.90 Å². The topological polar surface area (TPSA) is 45.6 Å². The molecular weight excluding hydrogens is 212 g/mol. The summed E-state index contributed by atoms with van der Waals surface area (Å²) in [6.45, 7) is 3.44. The zero-order valence-electron chi connectivity index (χ0n) is 8.43. The number of aliphatic hydroxyl groups excluding tert-OH is 1. The lowest BCUT2D eigenvalue weighted by atomic mass is 10.4. The van der Waals surface area contributed by atoms with Crippen molar-refractivity contribution in [3.05, 3.63) is 17.2 Å². The minimum atomic E-state index is 0.0599. The van der Waals surface area contributed by atoms with Crippen molar-refractivity contribution in [3.63, 3.8) is 0 Å². The highest BCUT2D eigenvalue weighted by atomic mass is 32.1. The zero-order valence-corrected chi connectivity index (χ0v) is 9.24. The van der Waals surface area contributed by atoms with Crippen LogP contribution in [0.5, 0.6) is 0 Å². The minimum absolute atomic E-state index is 0.0599. The van der Waals surface area contributed by atoms with Crippen molar-refractivity contribution in [2.75, 3.05) is 37.8 Å². The first-order valence-electron chi connectivity index (χ1n) is 4.96. The number of nitrogens with zero attached hydrogens (tertiary/aromatic N) is 2. The highest BCUT2D eigenvalue weighted by Gasteiger charge is 2.13. The van der Waals surface area contributed by atoms with E-state index in [1.165, 1.54) is 0 Å². The van der Waals surface area contributed by atoms with Crippen molar-refractivity contribution >= 4 is 22.5 Å². The van der Waals surface area contributed by atoms with Gasteiger partial charge in [0, 0.05) is 18.5 Å². The Balaban J connectivity index is 2.02. The van der Waals surface area contributed by atoms with Gasteiger partial charge in [0.1, 0.15) is 0 Å². The molecule has 0 atom stereocenters. The van der Waals surface area contributed by atoms with Gasteiger partial charge in [-0.3, -0.25) is 0 Å². The molecule has 0 radical (unpaired) electrons. The Morgan fingerprint density at radius 1 is 1.53 bits per heavy atom. The standard InChI is InChI=1S/C10H14N2O2S/c13-5-1-2-9-8-15-10(11-9)12-3-6-14-7-4-12/h1-2,8,13H,3-7H2. The first-order valence-corrected chi connectivity index (χ1v) is 5.84. The van der Waals surface area contributed by atoms with Gasteiger partial charge in [0.2, 0.25) is 0 Å². The molecule has 1 fully saturated rings. The summed E-state index contributed by atoms with van der Waals surface area (Å²) in [5.74, 6) is 0. The summed E-state index contributed by atoms with van der Waals surface area (Å²) in [6.07, 6.45) is 3.53. The van der Waals surface area contributed by atoms with E-state index in [1.54, 1.807) is 17.4 Å². The SMILES string of the molecule is OCC=Cc1csc(N2CCOCC2)n1. The second-order valence-electron chi connectivity index (χ2n) is 3.24. The molecule has 0 saturated carbocycles. The van der Waals surface area contributed by atoms with E-state index >= 15 is 0 Å². The van der Waals surface area contributed by atoms with Crippen molar-refractivity contribution in [2.24, 2.45) is 0 Å². The average molecular weight is 226 g/mol. The van der Waals surface area contributed by atoms with E-state index in [2.05, 4.69) is 9.88 Å². The maximum atomic E-state index is 8.64. The number of rotatable bonds is 3. The van der Waals surface area contributed by atoms with Gasteiger partial charge in [0.15, 0.2) is 5.13 Å². The minimum Gasteiger partial charge on any atom is -0.392 e. The first-order chi connectivity index (χ1) is 7.40. The van der Waals surface area contributed by atoms with Crippen LogP contribution in [0.15, 0.2) is 11.5 Å². The predicted molar refractivity (Wildman–Crippen MR) is 61.3 cm³/mol. The summed E-state index contributed by atoms with van der Waals surface area (Å²) >= 11 is 1.63. The second kappa shape index (κ2) is 5.25. The smallest absolute Gasteiger partial charge is 0.185 e. The number of hydrogen-bond acceptors (Lipinski definition) is 5. The van der Waals surface area contributed by atoms with Gasteiger partial charge >= 0.3 is 0 Å². The summed E-state index contributed by atoms with van der Waals surface area (Å²) in [4.78, 5) is 6.69. The third-order valence-corrected chi connectivity index (χ3v) is 3.11. The molecule has 0 unspecified atom stereocenters. The molecule has 2 rings (SSSR count). The van der Waals surface area contributed by atoms with Crippen LogP contribution in [0.25, 0.3) is 6.08 Å². The van der Waals surface area contributed by atoms with Gasteiger partial charge in [-0.1, -0.05) is 6.08 Å². The lowest BCUT2D eigenvalue weighted by Crippen LogP contribution is -2.36. The average Bonchev–Trinajstić information content (AvgIpc) is 2.76. The molecular formula is C10H14N2O2S. The van der Waals surface area contributed by atoms with Crippen LogP contribution in [0.1, 0.15) is 5.69 Å². The van der Waals surface area contributed by atoms with E-state index in [9.17, 15) is 0 Å². The van der Waals surface area contributed by atoms with Crippen LogP contribution in [0.2, 0.25) is 0 Å². The fourth-order valence-corrected chi connectivity index (χ4v) is 2.27. The van der Waals surface area contributed by atoms with Crippen LogP contribution in [0, 0.1) is 0 Å². The maximum Gasteiger partial charge on any atom is 0.185 e. The molecule has 1 aliphatic rings. The van der Waals surface area contributed by atoms with Crippen molar-refractivity contribution in [3.8, 4) is 0 Å². The monoisotopic (exact) mass is 226 g/mol. The molecule has 4 nitrogen and oxygen atoms in total. The highest BCUT2D eigenvalue weighted by Crippen LogP contribution is 2.21. The summed E-state index contributed by atoms with van der Waals surface area (Å²) in [7, 11) is 0. The predicted octanol–water partition coefficient (Wildman–Crippen LogP) is 0.985. The Kier molecular flexibility index (Phi) is 3.71. The third kappa shape index (κ3) is 2.77. The summed E-state index contributed by atoms with van der Waals surface area (Å²) < 4.78 is 5.28. The fourth-order valence-electron chi connectivity index (χ4n) is 1.43. The quantitative estimate of drug-likeness (QED) is 0.834. The highest BCUT2D eigenvalue weighted by molar-refractivity contribution is 7.13. The molecule has 0 spiro atoms. The van der Waals surface area contributed by atoms with Gasteiger partial charge in [0.05, 0.1) is 25.5 Å². The van der Waals surface area contributed by atoms with Crippen molar-refractivity contribution in [1.29, 1.82) is 0 Å². The molecule has 0 aliphatic carbocycles. The Labute approximate surface area is 92.8 Å². The van der Waals surface area contributed by atoms with Crippen LogP contribution in [-0.4, -0.2) is 43.0 Å². The second-order valence-corrected chi connectivity index (χ2v) is 4.08. The molecule has 1 saturated heterocycles. The number of ether oxygens (including phenoxy) is 1. The number of anilines is 1. The molecule has 0 bridgehead atoms. The third-order valence-electron chi connectivity index (χ3n) is 2.19. The Morgan fingerprint density at radius 2 is 2.33 bits per heavy atom. The molecule has 1 aromatic heterocycles. The van der Waals surface area contributed by atoms with E-state index in [4.69, 9.17) is 9.84 Å². The van der Waals surface area contributed by atoms with Gasteiger partial charge < -0.3 is 14.7 Å². The molecule has 1 aromatic rings. The van der Waals surface area contributed by atoms with Gasteiger partial charge in [0.25, 0.3) is 0 Å². The molecule has 5 heteroatoms. The van der Waals surface area contributed by atoms with Gasteiger partial charge in [-0.05, 0) is 6.08 Å². The van der Waals surface area contributed by atoms with Gasteiger partial charge in [-0.25, -0.2) is 4.98 Å². The Bertz CT molecular complexity index is 332. The van der Waals surface area contributed by atoms with Crippen molar-refractivity contribution < 1.29 is 9.84 Å². The molecule has 2 heterocycles. The Morgan fingerprint density at radius 3 is 3.07 bits per heavy atom. The largest absolute Gasteiger partial charge is 0.392 e. The summed E-state index contributed by atoms with van der Waals surface area (Å²) in [5, 5.41) is 11.7. The molecule has 15 heavy (non-hydrogen) atoms. The lowest BCUT2D eigenvalue weighted by molar-refractivity contribution is 0.122. The molecule has 82 valence electrons. The van der Waals surface area contributed by atoms with E-state index in [1.807, 2.05) is 11.5 Å². The lowest BCUT2D eigenvalue weighted by Gasteiger charge is -2.25. The van der Waals surface area contributed by atoms with Gasteiger partial charge in [-0.2, -0.15) is 0 Å². The van der Waals surface area contributed by atoms with Gasteiger partial charge in [-0.15, -0.1) is 11.3 Å². The van der Waals surface area contributed by atoms with E-state index < -0.39 is 0 Å². The zero-order chi connectivity index (χ0) is 10.5. The van der Waals surface area contributed by atoms with Crippen LogP contribution in [0.4, 0.5) is 5.13 Å². The molecule has 0 amide bonds. The number of aromatic nitrogens is 1. The van der Waals surface area contributed by atoms with E-state index in [0.717, 1.165) is 37.1 Å². The molecule has 1 aliphatic heterocycles. The van der Waals surface area contributed by atoms with Crippen molar-refractivity contribution in [1.82, 2.24) is 4.98 Å². The molecule has 1 N–H and O–H groups in total. The van der Waals surface area contributed by atoms with Crippen LogP contribution in [0.3, 0.4) is 0 Å². The van der Waals surface area contributed by atoms with Crippen molar-refractivity contribution in [2.45, 2.75) is 0 Å². The number of hydrogen-bond donors (Lipinski definition) is 1. The number of aliphatic hydroxyl groups is 1. The maximum absolute atomic E-state index is 8.64. The Hall–Kier alpha value is -0.910. The van der Waals surface area contributed by atoms with Crippen LogP contribution in [-0.2, 0) is 4.74 Å². The summed E-state index contributed by atoms with van der Waals surface area (Å²) in [6, 6.07) is 0. The fraction of sp³-hybridized carbons (Fsp3) is 0.500. The normalized spacial score (nSPS) is 17.5. The number of morpholine rings is 1.